The third-order valence-electron chi connectivity index (χ3n) is 4.26. The zero-order valence-corrected chi connectivity index (χ0v) is 19.4. The minimum absolute atomic E-state index is 0.278. The molecule has 0 unspecified atom stereocenters. The highest BCUT2D eigenvalue weighted by Gasteiger charge is 2.23. The summed E-state index contributed by atoms with van der Waals surface area (Å²) < 4.78 is 34.1. The second-order valence-electron chi connectivity index (χ2n) is 6.93. The quantitative estimate of drug-likeness (QED) is 0.0982. The highest BCUT2D eigenvalue weighted by Crippen LogP contribution is 2.49. The van der Waals surface area contributed by atoms with E-state index in [9.17, 15) is 14.2 Å². The van der Waals surface area contributed by atoms with Crippen molar-refractivity contribution in [1.82, 2.24) is 0 Å². The molecule has 0 atom stereocenters. The first-order valence-corrected chi connectivity index (χ1v) is 12.7. The van der Waals surface area contributed by atoms with Crippen molar-refractivity contribution in [2.24, 2.45) is 0 Å². The largest absolute Gasteiger partial charge is 0.463 e. The number of hydrogen-bond donors (Lipinski definition) is 0. The Kier molecular flexibility index (Phi) is 18.6. The molecule has 0 aliphatic heterocycles. The Hall–Kier alpha value is -1.43. The fourth-order valence-electron chi connectivity index (χ4n) is 2.53. The molecule has 174 valence electrons. The summed E-state index contributed by atoms with van der Waals surface area (Å²) in [4.78, 5) is 22.0. The Morgan fingerprint density at radius 2 is 1.13 bits per heavy atom. The van der Waals surface area contributed by atoms with E-state index in [1.54, 1.807) is 0 Å². The van der Waals surface area contributed by atoms with Gasteiger partial charge >= 0.3 is 19.5 Å². The lowest BCUT2D eigenvalue weighted by Crippen LogP contribution is -2.07. The molecule has 0 amide bonds. The maximum absolute atomic E-state index is 13.0. The van der Waals surface area contributed by atoms with Crippen LogP contribution in [0.1, 0.15) is 71.1 Å². The van der Waals surface area contributed by atoms with Gasteiger partial charge in [0.05, 0.1) is 32.6 Å². The van der Waals surface area contributed by atoms with Crippen molar-refractivity contribution in [3.05, 3.63) is 25.3 Å². The molecule has 30 heavy (non-hydrogen) atoms. The van der Waals surface area contributed by atoms with Crippen molar-refractivity contribution in [2.45, 2.75) is 71.1 Å². The second kappa shape index (κ2) is 19.5. The van der Waals surface area contributed by atoms with Gasteiger partial charge in [-0.3, -0.25) is 4.57 Å². The van der Waals surface area contributed by atoms with Crippen LogP contribution < -0.4 is 0 Å². The van der Waals surface area contributed by atoms with Gasteiger partial charge in [-0.1, -0.05) is 52.2 Å². The van der Waals surface area contributed by atoms with Crippen LogP contribution in [0.2, 0.25) is 0 Å². The number of hydrogen-bond acceptors (Lipinski definition) is 7. The van der Waals surface area contributed by atoms with E-state index in [0.717, 1.165) is 31.4 Å². The standard InChI is InChI=1S/C22H39O7P/c1-4-7-8-9-10-15-20-30(25,28-18-13-11-16-26-21(23)5-2)29-19-14-12-17-27-22(24)6-3/h5-6H,2-4,7-20H2,1H3. The Labute approximate surface area is 181 Å². The molecule has 0 heterocycles. The van der Waals surface area contributed by atoms with E-state index in [1.165, 1.54) is 19.3 Å². The summed E-state index contributed by atoms with van der Waals surface area (Å²) in [7, 11) is -3.17. The zero-order valence-electron chi connectivity index (χ0n) is 18.5. The van der Waals surface area contributed by atoms with Gasteiger partial charge in [0, 0.05) is 12.2 Å². The molecule has 0 aliphatic carbocycles. The molecule has 0 aromatic rings. The second-order valence-corrected chi connectivity index (χ2v) is 9.11. The summed E-state index contributed by atoms with van der Waals surface area (Å²) >= 11 is 0. The topological polar surface area (TPSA) is 88.1 Å². The highest BCUT2D eigenvalue weighted by atomic mass is 31.2. The number of ether oxygens (including phenoxy) is 2. The predicted molar refractivity (Wildman–Crippen MR) is 119 cm³/mol. The van der Waals surface area contributed by atoms with Gasteiger partial charge in [0.2, 0.25) is 0 Å². The maximum atomic E-state index is 13.0. The Balaban J connectivity index is 4.20. The Morgan fingerprint density at radius 1 is 0.700 bits per heavy atom. The summed E-state index contributed by atoms with van der Waals surface area (Å²) in [5.41, 5.74) is 0. The molecule has 0 N–H and O–H groups in total. The highest BCUT2D eigenvalue weighted by molar-refractivity contribution is 7.53. The van der Waals surface area contributed by atoms with Gasteiger partial charge in [-0.2, -0.15) is 0 Å². The minimum Gasteiger partial charge on any atom is -0.463 e. The zero-order chi connectivity index (χ0) is 22.5. The normalized spacial score (nSPS) is 11.1. The summed E-state index contributed by atoms with van der Waals surface area (Å²) in [5.74, 6) is -0.904. The lowest BCUT2D eigenvalue weighted by molar-refractivity contribution is -0.138. The van der Waals surface area contributed by atoms with Crippen LogP contribution in [-0.2, 0) is 32.7 Å². The summed E-state index contributed by atoms with van der Waals surface area (Å²) in [6.45, 7) is 9.98. The molecule has 0 saturated heterocycles. The lowest BCUT2D eigenvalue weighted by Gasteiger charge is -2.19. The van der Waals surface area contributed by atoms with Crippen LogP contribution in [0.4, 0.5) is 0 Å². The van der Waals surface area contributed by atoms with Crippen LogP contribution in [0.25, 0.3) is 0 Å². The molecule has 0 aromatic heterocycles. The van der Waals surface area contributed by atoms with E-state index >= 15 is 0 Å². The predicted octanol–water partition coefficient (Wildman–Crippen LogP) is 5.59. The number of carbonyl (C=O) groups excluding carboxylic acids is 2. The van der Waals surface area contributed by atoms with E-state index in [-0.39, 0.29) is 26.4 Å². The molecular weight excluding hydrogens is 407 g/mol. The van der Waals surface area contributed by atoms with E-state index in [4.69, 9.17) is 18.5 Å². The first-order chi connectivity index (χ1) is 14.5. The molecule has 8 heteroatoms. The molecule has 0 spiro atoms. The van der Waals surface area contributed by atoms with E-state index in [1.807, 2.05) is 0 Å². The SMILES string of the molecule is C=CC(=O)OCCCCOP(=O)(CCCCCCCC)OCCCCOC(=O)C=C. The number of esters is 2. The molecule has 0 aromatic carbocycles. The van der Waals surface area contributed by atoms with Crippen molar-refractivity contribution < 1.29 is 32.7 Å². The van der Waals surface area contributed by atoms with Crippen LogP contribution in [0, 0.1) is 0 Å². The molecule has 0 radical (unpaired) electrons. The van der Waals surface area contributed by atoms with Crippen LogP contribution in [0.15, 0.2) is 25.3 Å². The minimum atomic E-state index is -3.17. The molecule has 0 rings (SSSR count). The summed E-state index contributed by atoms with van der Waals surface area (Å²) in [5, 5.41) is 0. The molecular formula is C22H39O7P. The number of carbonyl (C=O) groups is 2. The third-order valence-corrected chi connectivity index (χ3v) is 6.28. The van der Waals surface area contributed by atoms with Crippen molar-refractivity contribution in [2.75, 3.05) is 32.6 Å². The average Bonchev–Trinajstić information content (AvgIpc) is 2.75. The molecule has 0 aliphatic rings. The van der Waals surface area contributed by atoms with Gasteiger partial charge in [0.1, 0.15) is 0 Å². The van der Waals surface area contributed by atoms with Gasteiger partial charge < -0.3 is 18.5 Å². The van der Waals surface area contributed by atoms with Crippen molar-refractivity contribution >= 4 is 19.5 Å². The summed E-state index contributed by atoms with van der Waals surface area (Å²) in [6.07, 6.45) is 11.6. The van der Waals surface area contributed by atoms with E-state index in [2.05, 4.69) is 20.1 Å². The van der Waals surface area contributed by atoms with Crippen LogP contribution >= 0.6 is 7.60 Å². The average molecular weight is 447 g/mol. The van der Waals surface area contributed by atoms with Gasteiger partial charge in [-0.25, -0.2) is 9.59 Å². The Morgan fingerprint density at radius 3 is 1.60 bits per heavy atom. The maximum Gasteiger partial charge on any atom is 0.330 e. The number of unbranched alkanes of at least 4 members (excludes halogenated alkanes) is 7. The van der Waals surface area contributed by atoms with Crippen molar-refractivity contribution in [3.8, 4) is 0 Å². The number of rotatable bonds is 21. The summed E-state index contributed by atoms with van der Waals surface area (Å²) in [6, 6.07) is 0. The third kappa shape index (κ3) is 17.4. The van der Waals surface area contributed by atoms with Crippen molar-refractivity contribution in [3.63, 3.8) is 0 Å². The van der Waals surface area contributed by atoms with Crippen LogP contribution in [0.5, 0.6) is 0 Å². The molecule has 7 nitrogen and oxygen atoms in total. The first-order valence-electron chi connectivity index (χ1n) is 10.9. The Bertz CT molecular complexity index is 498. The van der Waals surface area contributed by atoms with Crippen molar-refractivity contribution in [1.29, 1.82) is 0 Å². The van der Waals surface area contributed by atoms with Crippen LogP contribution in [0.3, 0.4) is 0 Å². The molecule has 0 bridgehead atoms. The van der Waals surface area contributed by atoms with Crippen LogP contribution in [-0.4, -0.2) is 44.5 Å². The van der Waals surface area contributed by atoms with Gasteiger partial charge in [-0.05, 0) is 32.1 Å². The smallest absolute Gasteiger partial charge is 0.330 e. The van der Waals surface area contributed by atoms with Gasteiger partial charge in [-0.15, -0.1) is 0 Å². The molecule has 0 fully saturated rings. The monoisotopic (exact) mass is 446 g/mol. The fourth-order valence-corrected chi connectivity index (χ4v) is 4.29. The van der Waals surface area contributed by atoms with E-state index in [0.29, 0.717) is 31.8 Å². The van der Waals surface area contributed by atoms with Gasteiger partial charge in [0.25, 0.3) is 0 Å². The lowest BCUT2D eigenvalue weighted by atomic mass is 10.1. The van der Waals surface area contributed by atoms with Gasteiger partial charge in [0.15, 0.2) is 0 Å². The van der Waals surface area contributed by atoms with E-state index < -0.39 is 19.5 Å². The molecule has 0 saturated carbocycles. The first kappa shape index (κ1) is 28.6. The fraction of sp³-hybridized carbons (Fsp3) is 0.727.